The molecule has 0 radical (unpaired) electrons. The van der Waals surface area contributed by atoms with Gasteiger partial charge in [-0.2, -0.15) is 0 Å². The fraction of sp³-hybridized carbons (Fsp3) is 0.333. The quantitative estimate of drug-likeness (QED) is 0.333. The Morgan fingerprint density at radius 2 is 1.62 bits per heavy atom. The number of para-hydroxylation sites is 1. The molecule has 40 heavy (non-hydrogen) atoms. The highest BCUT2D eigenvalue weighted by Crippen LogP contribution is 2.31. The van der Waals surface area contributed by atoms with Crippen molar-refractivity contribution in [2.24, 2.45) is 5.92 Å². The van der Waals surface area contributed by atoms with Crippen LogP contribution in [-0.2, 0) is 37.2 Å². The summed E-state index contributed by atoms with van der Waals surface area (Å²) >= 11 is 5.98. The molecule has 10 heteroatoms. The molecule has 1 fully saturated rings. The van der Waals surface area contributed by atoms with Gasteiger partial charge in [0.05, 0.1) is 26.1 Å². The number of amides is 1. The van der Waals surface area contributed by atoms with E-state index in [1.54, 1.807) is 54.3 Å². The van der Waals surface area contributed by atoms with Crippen LogP contribution in [0.15, 0.2) is 71.6 Å². The van der Waals surface area contributed by atoms with Gasteiger partial charge in [0.1, 0.15) is 10.6 Å². The second kappa shape index (κ2) is 13.2. The van der Waals surface area contributed by atoms with Gasteiger partial charge in [0.15, 0.2) is 0 Å². The maximum atomic E-state index is 13.3. The normalized spacial score (nSPS) is 14.0. The lowest BCUT2D eigenvalue weighted by molar-refractivity contribution is -0.151. The van der Waals surface area contributed by atoms with Crippen LogP contribution in [0.2, 0.25) is 5.02 Å². The SMILES string of the molecule is CCOC(=O)C1CCN(C(=O)Cc2ccc(NS(=O)(=O)c3cccc(Cc4ccc(Cl)cc4)c3OC)cc2)CC1. The zero-order chi connectivity index (χ0) is 28.7. The molecule has 1 aliphatic rings. The van der Waals surface area contributed by atoms with Gasteiger partial charge in [0, 0.05) is 30.2 Å². The number of likely N-dealkylation sites (tertiary alicyclic amines) is 1. The van der Waals surface area contributed by atoms with Crippen molar-refractivity contribution in [3.63, 3.8) is 0 Å². The predicted molar refractivity (Wildman–Crippen MR) is 154 cm³/mol. The minimum Gasteiger partial charge on any atom is -0.495 e. The summed E-state index contributed by atoms with van der Waals surface area (Å²) in [6.45, 7) is 3.16. The summed E-state index contributed by atoms with van der Waals surface area (Å²) in [5, 5.41) is 0.627. The fourth-order valence-corrected chi connectivity index (χ4v) is 6.18. The molecule has 4 rings (SSSR count). The molecular formula is C30H33ClN2O6S. The van der Waals surface area contributed by atoms with Crippen LogP contribution in [0, 0.1) is 5.92 Å². The molecule has 1 N–H and O–H groups in total. The van der Waals surface area contributed by atoms with Gasteiger partial charge in [-0.25, -0.2) is 8.42 Å². The third-order valence-electron chi connectivity index (χ3n) is 6.89. The highest BCUT2D eigenvalue weighted by atomic mass is 35.5. The van der Waals surface area contributed by atoms with Gasteiger partial charge < -0.3 is 14.4 Å². The first-order valence-electron chi connectivity index (χ1n) is 13.2. The minimum atomic E-state index is -3.96. The van der Waals surface area contributed by atoms with E-state index < -0.39 is 10.0 Å². The smallest absolute Gasteiger partial charge is 0.309 e. The molecule has 1 aliphatic heterocycles. The number of piperidine rings is 1. The summed E-state index contributed by atoms with van der Waals surface area (Å²) in [7, 11) is -2.51. The number of halogens is 1. The van der Waals surface area contributed by atoms with Crippen molar-refractivity contribution in [1.82, 2.24) is 4.90 Å². The molecule has 0 saturated carbocycles. The number of carbonyl (C=O) groups excluding carboxylic acids is 2. The van der Waals surface area contributed by atoms with E-state index in [4.69, 9.17) is 21.1 Å². The fourth-order valence-electron chi connectivity index (χ4n) is 4.78. The minimum absolute atomic E-state index is 0.0297. The van der Waals surface area contributed by atoms with Gasteiger partial charge in [-0.3, -0.25) is 14.3 Å². The number of hydrogen-bond acceptors (Lipinski definition) is 6. The van der Waals surface area contributed by atoms with Crippen LogP contribution in [0.1, 0.15) is 36.5 Å². The van der Waals surface area contributed by atoms with Gasteiger partial charge in [-0.15, -0.1) is 0 Å². The van der Waals surface area contributed by atoms with Gasteiger partial charge in [-0.05, 0) is 66.8 Å². The summed E-state index contributed by atoms with van der Waals surface area (Å²) in [6.07, 6.45) is 1.86. The number of rotatable bonds is 10. The molecule has 0 atom stereocenters. The monoisotopic (exact) mass is 584 g/mol. The molecule has 212 valence electrons. The number of carbonyl (C=O) groups is 2. The molecule has 1 saturated heterocycles. The molecule has 0 unspecified atom stereocenters. The Morgan fingerprint density at radius 3 is 2.25 bits per heavy atom. The third kappa shape index (κ3) is 7.34. The number of sulfonamides is 1. The van der Waals surface area contributed by atoms with Gasteiger partial charge in [0.25, 0.3) is 10.0 Å². The Kier molecular flexibility index (Phi) is 9.71. The number of esters is 1. The number of ether oxygens (including phenoxy) is 2. The number of nitrogens with one attached hydrogen (secondary N) is 1. The average molecular weight is 585 g/mol. The first kappa shape index (κ1) is 29.4. The Hall–Kier alpha value is -3.56. The molecule has 0 spiro atoms. The highest BCUT2D eigenvalue weighted by molar-refractivity contribution is 7.92. The van der Waals surface area contributed by atoms with E-state index in [-0.39, 0.29) is 34.9 Å². The molecule has 0 aromatic heterocycles. The molecule has 3 aromatic carbocycles. The van der Waals surface area contributed by atoms with Crippen LogP contribution in [0.5, 0.6) is 5.75 Å². The lowest BCUT2D eigenvalue weighted by Crippen LogP contribution is -2.41. The van der Waals surface area contributed by atoms with Gasteiger partial charge >= 0.3 is 5.97 Å². The molecule has 1 amide bonds. The summed E-state index contributed by atoms with van der Waals surface area (Å²) in [5.41, 5.74) is 2.84. The van der Waals surface area contributed by atoms with E-state index >= 15 is 0 Å². The van der Waals surface area contributed by atoms with Crippen LogP contribution in [-0.4, -0.2) is 52.0 Å². The summed E-state index contributed by atoms with van der Waals surface area (Å²) in [4.78, 5) is 26.5. The molecule has 1 heterocycles. The van der Waals surface area contributed by atoms with Crippen molar-refractivity contribution < 1.29 is 27.5 Å². The second-order valence-electron chi connectivity index (χ2n) is 9.64. The number of nitrogens with zero attached hydrogens (tertiary/aromatic N) is 1. The van der Waals surface area contributed by atoms with Crippen molar-refractivity contribution in [2.45, 2.75) is 37.5 Å². The largest absolute Gasteiger partial charge is 0.495 e. The van der Waals surface area contributed by atoms with Crippen LogP contribution in [0.3, 0.4) is 0 Å². The Labute approximate surface area is 240 Å². The Morgan fingerprint density at radius 1 is 0.975 bits per heavy atom. The summed E-state index contributed by atoms with van der Waals surface area (Å²) < 4.78 is 39.9. The molecular weight excluding hydrogens is 552 g/mol. The Balaban J connectivity index is 1.39. The first-order chi connectivity index (χ1) is 19.2. The van der Waals surface area contributed by atoms with E-state index in [0.29, 0.717) is 49.7 Å². The van der Waals surface area contributed by atoms with Crippen molar-refractivity contribution in [1.29, 1.82) is 0 Å². The molecule has 3 aromatic rings. The number of anilines is 1. The zero-order valence-corrected chi connectivity index (χ0v) is 24.1. The highest BCUT2D eigenvalue weighted by Gasteiger charge is 2.28. The van der Waals surface area contributed by atoms with E-state index in [1.807, 2.05) is 18.2 Å². The predicted octanol–water partition coefficient (Wildman–Crippen LogP) is 5.08. The number of methoxy groups -OCH3 is 1. The van der Waals surface area contributed by atoms with Crippen LogP contribution >= 0.6 is 11.6 Å². The second-order valence-corrected chi connectivity index (χ2v) is 11.7. The van der Waals surface area contributed by atoms with Crippen molar-refractivity contribution >= 4 is 39.2 Å². The zero-order valence-electron chi connectivity index (χ0n) is 22.6. The number of hydrogen-bond donors (Lipinski definition) is 1. The molecule has 0 aliphatic carbocycles. The van der Waals surface area contributed by atoms with Gasteiger partial charge in [0.2, 0.25) is 5.91 Å². The van der Waals surface area contributed by atoms with Crippen LogP contribution in [0.25, 0.3) is 0 Å². The standard InChI is InChI=1S/C30H33ClN2O6S/c1-3-39-30(35)23-15-17-33(18-16-23)28(34)20-22-9-13-26(14-10-22)32-40(36,37)27-6-4-5-24(29(27)38-2)19-21-7-11-25(31)12-8-21/h4-14,23,32H,3,15-20H2,1-2H3. The average Bonchev–Trinajstić information content (AvgIpc) is 2.95. The Bertz CT molecular complexity index is 1430. The molecule has 0 bridgehead atoms. The van der Waals surface area contributed by atoms with Gasteiger partial charge in [-0.1, -0.05) is 48.0 Å². The maximum absolute atomic E-state index is 13.3. The van der Waals surface area contributed by atoms with E-state index in [9.17, 15) is 18.0 Å². The van der Waals surface area contributed by atoms with Crippen molar-refractivity contribution in [3.05, 3.63) is 88.4 Å². The maximum Gasteiger partial charge on any atom is 0.309 e. The van der Waals surface area contributed by atoms with Crippen LogP contribution in [0.4, 0.5) is 5.69 Å². The van der Waals surface area contributed by atoms with E-state index in [1.165, 1.54) is 13.2 Å². The first-order valence-corrected chi connectivity index (χ1v) is 15.0. The van der Waals surface area contributed by atoms with E-state index in [0.717, 1.165) is 16.7 Å². The lowest BCUT2D eigenvalue weighted by atomic mass is 9.96. The molecule has 8 nitrogen and oxygen atoms in total. The lowest BCUT2D eigenvalue weighted by Gasteiger charge is -2.31. The summed E-state index contributed by atoms with van der Waals surface area (Å²) in [6, 6.07) is 19.1. The van der Waals surface area contributed by atoms with Crippen molar-refractivity contribution in [2.75, 3.05) is 31.5 Å². The van der Waals surface area contributed by atoms with Crippen LogP contribution < -0.4 is 9.46 Å². The topological polar surface area (TPSA) is 102 Å². The third-order valence-corrected chi connectivity index (χ3v) is 8.55. The van der Waals surface area contributed by atoms with E-state index in [2.05, 4.69) is 4.72 Å². The van der Waals surface area contributed by atoms with Crippen molar-refractivity contribution in [3.8, 4) is 5.75 Å². The summed E-state index contributed by atoms with van der Waals surface area (Å²) in [5.74, 6) is -0.108. The number of benzene rings is 3.